The first-order chi connectivity index (χ1) is 16.5. The molecule has 1 amide bonds. The van der Waals surface area contributed by atoms with Crippen molar-refractivity contribution in [1.82, 2.24) is 15.3 Å². The molecule has 1 aromatic carbocycles. The largest absolute Gasteiger partial charge is 0.481 e. The maximum absolute atomic E-state index is 11.6. The Hall–Kier alpha value is -2.68. The summed E-state index contributed by atoms with van der Waals surface area (Å²) in [5.41, 5.74) is 2.37. The number of ether oxygens (including phenoxy) is 1. The maximum Gasteiger partial charge on any atom is 0.235 e. The fraction of sp³-hybridized carbons (Fsp3) is 0.423. The Morgan fingerprint density at radius 2 is 2.03 bits per heavy atom. The Labute approximate surface area is 203 Å². The Kier molecular flexibility index (Phi) is 6.72. The van der Waals surface area contributed by atoms with Gasteiger partial charge >= 0.3 is 0 Å². The molecule has 0 saturated heterocycles. The number of thioether (sulfide) groups is 1. The Morgan fingerprint density at radius 1 is 1.18 bits per heavy atom. The van der Waals surface area contributed by atoms with Gasteiger partial charge in [-0.2, -0.15) is 0 Å². The first-order valence-corrected chi connectivity index (χ1v) is 12.8. The zero-order valence-corrected chi connectivity index (χ0v) is 20.2. The van der Waals surface area contributed by atoms with E-state index in [4.69, 9.17) is 4.74 Å². The van der Waals surface area contributed by atoms with Gasteiger partial charge < -0.3 is 20.5 Å². The molecule has 0 spiro atoms. The number of hydrogen-bond acceptors (Lipinski definition) is 7. The van der Waals surface area contributed by atoms with Gasteiger partial charge in [0.15, 0.2) is 0 Å². The number of hydrogen-bond donors (Lipinski definition) is 3. The molecule has 1 aliphatic carbocycles. The number of carbonyl (C=O) groups excluding carboxylic acids is 1. The highest BCUT2D eigenvalue weighted by Gasteiger charge is 2.33. The van der Waals surface area contributed by atoms with Crippen LogP contribution in [-0.4, -0.2) is 45.5 Å². The Bertz CT molecular complexity index is 1190. The lowest BCUT2D eigenvalue weighted by atomic mass is 9.78. The highest BCUT2D eigenvalue weighted by atomic mass is 32.2. The van der Waals surface area contributed by atoms with E-state index >= 15 is 0 Å². The van der Waals surface area contributed by atoms with Crippen molar-refractivity contribution >= 4 is 34.4 Å². The van der Waals surface area contributed by atoms with E-state index < -0.39 is 5.60 Å². The number of para-hydroxylation sites is 1. The van der Waals surface area contributed by atoms with Crippen LogP contribution in [0.1, 0.15) is 43.4 Å². The third kappa shape index (κ3) is 5.19. The van der Waals surface area contributed by atoms with Gasteiger partial charge in [-0.1, -0.05) is 18.2 Å². The van der Waals surface area contributed by atoms with E-state index in [0.29, 0.717) is 30.0 Å². The van der Waals surface area contributed by atoms with Crippen LogP contribution in [-0.2, 0) is 17.8 Å². The number of nitrogens with one attached hydrogen (secondary N) is 2. The molecule has 8 heteroatoms. The maximum atomic E-state index is 11.6. The second-order valence-electron chi connectivity index (χ2n) is 9.21. The summed E-state index contributed by atoms with van der Waals surface area (Å²) in [6, 6.07) is 14.5. The summed E-state index contributed by atoms with van der Waals surface area (Å²) in [5, 5.41) is 18.8. The molecule has 3 aromatic rings. The quantitative estimate of drug-likeness (QED) is 0.471. The standard InChI is InChI=1S/C26H30N4O3S/c1-33-23-8-5-17-3-2-4-18(24(17)30-23)9-12-26(32)13-10-19(11-14-26)27-15-20-6-7-21-25(28-20)29-22(31)16-34-21/h2-8,19,27,32H,9-16H2,1H3,(H,28,29,31). The van der Waals surface area contributed by atoms with Crippen molar-refractivity contribution in [2.24, 2.45) is 0 Å². The monoisotopic (exact) mass is 478 g/mol. The fourth-order valence-electron chi connectivity index (χ4n) is 4.83. The van der Waals surface area contributed by atoms with Crippen LogP contribution in [0.4, 0.5) is 5.82 Å². The average molecular weight is 479 g/mol. The lowest BCUT2D eigenvalue weighted by Crippen LogP contribution is -2.41. The molecule has 0 radical (unpaired) electrons. The van der Waals surface area contributed by atoms with Crippen LogP contribution in [0, 0.1) is 0 Å². The van der Waals surface area contributed by atoms with Crippen LogP contribution in [0.2, 0.25) is 0 Å². The van der Waals surface area contributed by atoms with Crippen LogP contribution in [0.25, 0.3) is 10.9 Å². The third-order valence-electron chi connectivity index (χ3n) is 6.87. The summed E-state index contributed by atoms with van der Waals surface area (Å²) in [5.74, 6) is 1.72. The first-order valence-electron chi connectivity index (χ1n) is 11.8. The molecule has 2 aliphatic rings. The van der Waals surface area contributed by atoms with E-state index in [0.717, 1.165) is 65.6 Å². The van der Waals surface area contributed by atoms with Crippen molar-refractivity contribution in [3.8, 4) is 5.88 Å². The molecule has 1 saturated carbocycles. The first kappa shape index (κ1) is 23.1. The summed E-state index contributed by atoms with van der Waals surface area (Å²) in [4.78, 5) is 21.9. The molecule has 0 atom stereocenters. The van der Waals surface area contributed by atoms with Gasteiger partial charge in [0.05, 0.1) is 34.6 Å². The summed E-state index contributed by atoms with van der Waals surface area (Å²) >= 11 is 1.52. The molecule has 3 N–H and O–H groups in total. The van der Waals surface area contributed by atoms with Crippen molar-refractivity contribution < 1.29 is 14.6 Å². The molecule has 2 aromatic heterocycles. The predicted octanol–water partition coefficient (Wildman–Crippen LogP) is 4.08. The minimum absolute atomic E-state index is 0.0000872. The van der Waals surface area contributed by atoms with Crippen molar-refractivity contribution in [3.63, 3.8) is 0 Å². The zero-order valence-electron chi connectivity index (χ0n) is 19.3. The highest BCUT2D eigenvalue weighted by molar-refractivity contribution is 8.00. The van der Waals surface area contributed by atoms with Gasteiger partial charge in [0, 0.05) is 24.0 Å². The van der Waals surface area contributed by atoms with Gasteiger partial charge in [-0.3, -0.25) is 4.79 Å². The molecule has 0 unspecified atom stereocenters. The van der Waals surface area contributed by atoms with E-state index in [1.807, 2.05) is 24.3 Å². The lowest BCUT2D eigenvalue weighted by molar-refractivity contribution is -0.113. The Morgan fingerprint density at radius 3 is 2.85 bits per heavy atom. The summed E-state index contributed by atoms with van der Waals surface area (Å²) < 4.78 is 5.30. The third-order valence-corrected chi connectivity index (χ3v) is 7.91. The number of aryl methyl sites for hydroxylation is 1. The van der Waals surface area contributed by atoms with Crippen LogP contribution in [0.5, 0.6) is 5.88 Å². The number of anilines is 1. The molecule has 3 heterocycles. The minimum Gasteiger partial charge on any atom is -0.481 e. The van der Waals surface area contributed by atoms with Gasteiger partial charge in [0.2, 0.25) is 11.8 Å². The van der Waals surface area contributed by atoms with Crippen LogP contribution < -0.4 is 15.4 Å². The fourth-order valence-corrected chi connectivity index (χ4v) is 5.59. The van der Waals surface area contributed by atoms with Crippen molar-refractivity contribution in [2.45, 2.75) is 61.6 Å². The average Bonchev–Trinajstić information content (AvgIpc) is 2.86. The van der Waals surface area contributed by atoms with Gasteiger partial charge in [0.25, 0.3) is 0 Å². The van der Waals surface area contributed by atoms with Crippen molar-refractivity contribution in [1.29, 1.82) is 0 Å². The second-order valence-corrected chi connectivity index (χ2v) is 10.2. The highest BCUT2D eigenvalue weighted by Crippen LogP contribution is 2.34. The predicted molar refractivity (Wildman–Crippen MR) is 134 cm³/mol. The van der Waals surface area contributed by atoms with Crippen LogP contribution in [0.3, 0.4) is 0 Å². The molecule has 5 rings (SSSR count). The van der Waals surface area contributed by atoms with E-state index in [1.165, 1.54) is 11.8 Å². The molecule has 1 aliphatic heterocycles. The second kappa shape index (κ2) is 9.90. The van der Waals surface area contributed by atoms with Crippen molar-refractivity contribution in [2.75, 3.05) is 18.2 Å². The van der Waals surface area contributed by atoms with E-state index in [-0.39, 0.29) is 5.91 Å². The minimum atomic E-state index is -0.648. The number of rotatable bonds is 7. The molecule has 1 fully saturated rings. The van der Waals surface area contributed by atoms with E-state index in [1.54, 1.807) is 7.11 Å². The van der Waals surface area contributed by atoms with Crippen molar-refractivity contribution in [3.05, 3.63) is 53.7 Å². The molecule has 7 nitrogen and oxygen atoms in total. The SMILES string of the molecule is COc1ccc2cccc(CCC3(O)CCC(NCc4ccc5c(n4)NC(=O)CS5)CC3)c2n1. The summed E-state index contributed by atoms with van der Waals surface area (Å²) in [6.07, 6.45) is 4.91. The number of benzene rings is 1. The Balaban J connectivity index is 1.14. The number of pyridine rings is 2. The van der Waals surface area contributed by atoms with Gasteiger partial charge in [0.1, 0.15) is 5.82 Å². The number of aromatic nitrogens is 2. The smallest absolute Gasteiger partial charge is 0.235 e. The summed E-state index contributed by atoms with van der Waals surface area (Å²) in [7, 11) is 1.63. The van der Waals surface area contributed by atoms with Crippen LogP contribution in [0.15, 0.2) is 47.4 Å². The number of carbonyl (C=O) groups is 1. The number of methoxy groups -OCH3 is 1. The molecule has 0 bridgehead atoms. The van der Waals surface area contributed by atoms with Gasteiger partial charge in [-0.25, -0.2) is 9.97 Å². The molecular weight excluding hydrogens is 448 g/mol. The number of fused-ring (bicyclic) bond motifs is 2. The van der Waals surface area contributed by atoms with E-state index in [9.17, 15) is 9.90 Å². The molecule has 178 valence electrons. The summed E-state index contributed by atoms with van der Waals surface area (Å²) in [6.45, 7) is 0.653. The topological polar surface area (TPSA) is 96.4 Å². The zero-order chi connectivity index (χ0) is 23.5. The number of nitrogens with zero attached hydrogens (tertiary/aromatic N) is 2. The van der Waals surface area contributed by atoms with Gasteiger partial charge in [-0.15, -0.1) is 11.8 Å². The molecular formula is C26H30N4O3S. The van der Waals surface area contributed by atoms with Gasteiger partial charge in [-0.05, 0) is 62.3 Å². The number of amides is 1. The van der Waals surface area contributed by atoms with E-state index in [2.05, 4.69) is 38.8 Å². The number of aliphatic hydroxyl groups is 1. The lowest BCUT2D eigenvalue weighted by Gasteiger charge is -2.36. The molecule has 34 heavy (non-hydrogen) atoms. The van der Waals surface area contributed by atoms with Crippen LogP contribution >= 0.6 is 11.8 Å². The normalized spacial score (nSPS) is 22.3.